The molecule has 132 valence electrons. The fourth-order valence-electron chi connectivity index (χ4n) is 3.59. The van der Waals surface area contributed by atoms with Gasteiger partial charge in [-0.25, -0.2) is 0 Å². The first kappa shape index (κ1) is 18.5. The van der Waals surface area contributed by atoms with Crippen molar-refractivity contribution in [3.8, 4) is 5.75 Å². The average Bonchev–Trinajstić information content (AvgIpc) is 3.09. The zero-order valence-corrected chi connectivity index (χ0v) is 16.8. The Kier molecular flexibility index (Phi) is 5.88. The van der Waals surface area contributed by atoms with Crippen LogP contribution in [-0.2, 0) is 6.42 Å². The fourth-order valence-corrected chi connectivity index (χ4v) is 4.23. The second kappa shape index (κ2) is 7.94. The first-order valence-electron chi connectivity index (χ1n) is 8.67. The van der Waals surface area contributed by atoms with Crippen molar-refractivity contribution < 1.29 is 4.74 Å². The van der Waals surface area contributed by atoms with Gasteiger partial charge >= 0.3 is 0 Å². The van der Waals surface area contributed by atoms with Gasteiger partial charge in [-0.2, -0.15) is 0 Å². The Hall–Kier alpha value is -1.29. The van der Waals surface area contributed by atoms with E-state index in [9.17, 15) is 0 Å². The van der Waals surface area contributed by atoms with Crippen LogP contribution in [0.5, 0.6) is 5.75 Å². The van der Waals surface area contributed by atoms with Crippen molar-refractivity contribution in [3.05, 3.63) is 69.2 Å². The van der Waals surface area contributed by atoms with Crippen LogP contribution in [0.4, 0.5) is 0 Å². The first-order chi connectivity index (χ1) is 11.7. The highest BCUT2D eigenvalue weighted by molar-refractivity contribution is 9.11. The van der Waals surface area contributed by atoms with E-state index < -0.39 is 0 Å². The lowest BCUT2D eigenvalue weighted by molar-refractivity contribution is 0.223. The monoisotopic (exact) mass is 419 g/mol. The molecule has 0 bridgehead atoms. The Bertz CT molecular complexity index is 779. The smallest absolute Gasteiger partial charge is 0.119 e. The van der Waals surface area contributed by atoms with Gasteiger partial charge in [0.15, 0.2) is 0 Å². The van der Waals surface area contributed by atoms with Crippen molar-refractivity contribution in [1.29, 1.82) is 0 Å². The standard InChI is InChI=1S/C21H22BrNO.ClH/c1-14-2-3-15-6-9-20(22)21(19(15)12-14)16-4-7-17(8-5-16)24-18-10-11-23-13-18;/h2-5,7-8,12,18,23H,6,9-11,13H2,1H3;1H/t18-;/m0./s1. The zero-order valence-electron chi connectivity index (χ0n) is 14.3. The Labute approximate surface area is 164 Å². The molecule has 2 nitrogen and oxygen atoms in total. The predicted octanol–water partition coefficient (Wildman–Crippen LogP) is 5.26. The van der Waals surface area contributed by atoms with E-state index in [1.165, 1.54) is 32.3 Å². The van der Waals surface area contributed by atoms with Crippen LogP contribution in [0.1, 0.15) is 35.1 Å². The number of rotatable bonds is 3. The molecular formula is C21H23BrClNO. The molecule has 1 heterocycles. The Morgan fingerprint density at radius 2 is 1.88 bits per heavy atom. The number of nitrogens with one attached hydrogen (secondary N) is 1. The first-order valence-corrected chi connectivity index (χ1v) is 9.46. The second-order valence-electron chi connectivity index (χ2n) is 6.70. The molecule has 1 N–H and O–H groups in total. The molecule has 0 spiro atoms. The molecule has 2 aromatic rings. The fraction of sp³-hybridized carbons (Fsp3) is 0.333. The van der Waals surface area contributed by atoms with Crippen LogP contribution >= 0.6 is 28.3 Å². The van der Waals surface area contributed by atoms with E-state index in [0.29, 0.717) is 6.10 Å². The summed E-state index contributed by atoms with van der Waals surface area (Å²) >= 11 is 3.82. The van der Waals surface area contributed by atoms with Crippen molar-refractivity contribution >= 4 is 33.9 Å². The number of ether oxygens (including phenoxy) is 1. The third kappa shape index (κ3) is 3.94. The van der Waals surface area contributed by atoms with Crippen LogP contribution in [-0.4, -0.2) is 19.2 Å². The highest BCUT2D eigenvalue weighted by Gasteiger charge is 2.20. The SMILES string of the molecule is Cc1ccc2c(c1)C(c1ccc(O[C@H]3CCNC3)cc1)=C(Br)CC2.Cl. The van der Waals surface area contributed by atoms with Crippen molar-refractivity contribution in [1.82, 2.24) is 5.32 Å². The molecule has 2 aliphatic rings. The van der Waals surface area contributed by atoms with Crippen LogP contribution in [0.2, 0.25) is 0 Å². The van der Waals surface area contributed by atoms with Gasteiger partial charge in [0, 0.05) is 11.0 Å². The van der Waals surface area contributed by atoms with Gasteiger partial charge in [-0.05, 0) is 67.1 Å². The quantitative estimate of drug-likeness (QED) is 0.731. The Morgan fingerprint density at radius 3 is 2.60 bits per heavy atom. The largest absolute Gasteiger partial charge is 0.489 e. The van der Waals surface area contributed by atoms with Crippen molar-refractivity contribution in [2.75, 3.05) is 13.1 Å². The topological polar surface area (TPSA) is 21.3 Å². The summed E-state index contributed by atoms with van der Waals surface area (Å²) in [6.45, 7) is 4.16. The average molecular weight is 421 g/mol. The lowest BCUT2D eigenvalue weighted by Gasteiger charge is -2.22. The summed E-state index contributed by atoms with van der Waals surface area (Å²) in [5.74, 6) is 0.962. The summed E-state index contributed by atoms with van der Waals surface area (Å²) in [6, 6.07) is 15.4. The second-order valence-corrected chi connectivity index (χ2v) is 7.65. The van der Waals surface area contributed by atoms with Gasteiger partial charge in [0.2, 0.25) is 0 Å². The summed E-state index contributed by atoms with van der Waals surface area (Å²) < 4.78 is 7.34. The Balaban J connectivity index is 0.00000182. The number of halogens is 2. The zero-order chi connectivity index (χ0) is 16.5. The normalized spacial score (nSPS) is 19.4. The summed E-state index contributed by atoms with van der Waals surface area (Å²) in [7, 11) is 0. The maximum absolute atomic E-state index is 6.04. The molecule has 2 aromatic carbocycles. The van der Waals surface area contributed by atoms with E-state index in [4.69, 9.17) is 4.74 Å². The Morgan fingerprint density at radius 1 is 1.08 bits per heavy atom. The number of hydrogen-bond donors (Lipinski definition) is 1. The summed E-state index contributed by atoms with van der Waals surface area (Å²) in [5.41, 5.74) is 6.69. The minimum atomic E-state index is 0. The van der Waals surface area contributed by atoms with Gasteiger partial charge < -0.3 is 10.1 Å². The maximum atomic E-state index is 6.04. The summed E-state index contributed by atoms with van der Waals surface area (Å²) in [5, 5.41) is 3.34. The van der Waals surface area contributed by atoms with Crippen LogP contribution in [0, 0.1) is 6.92 Å². The molecule has 4 rings (SSSR count). The molecule has 25 heavy (non-hydrogen) atoms. The maximum Gasteiger partial charge on any atom is 0.119 e. The van der Waals surface area contributed by atoms with Crippen molar-refractivity contribution in [2.24, 2.45) is 0 Å². The van der Waals surface area contributed by atoms with Crippen molar-refractivity contribution in [2.45, 2.75) is 32.3 Å². The molecule has 0 saturated carbocycles. The molecule has 0 unspecified atom stereocenters. The lowest BCUT2D eigenvalue weighted by atomic mass is 9.86. The molecule has 1 aliphatic heterocycles. The van der Waals surface area contributed by atoms with E-state index in [2.05, 4.69) is 70.6 Å². The van der Waals surface area contributed by atoms with Gasteiger partial charge in [-0.1, -0.05) is 51.8 Å². The molecule has 1 atom stereocenters. The van der Waals surface area contributed by atoms with E-state index >= 15 is 0 Å². The molecule has 0 amide bonds. The molecule has 1 fully saturated rings. The minimum absolute atomic E-state index is 0. The summed E-state index contributed by atoms with van der Waals surface area (Å²) in [4.78, 5) is 0. The number of benzene rings is 2. The van der Waals surface area contributed by atoms with Gasteiger partial charge in [-0.15, -0.1) is 12.4 Å². The number of hydrogen-bond acceptors (Lipinski definition) is 2. The molecule has 4 heteroatoms. The number of fused-ring (bicyclic) bond motifs is 1. The van der Waals surface area contributed by atoms with E-state index in [1.54, 1.807) is 0 Å². The minimum Gasteiger partial charge on any atom is -0.489 e. The number of aryl methyl sites for hydroxylation is 2. The lowest BCUT2D eigenvalue weighted by Crippen LogP contribution is -2.19. The van der Waals surface area contributed by atoms with Crippen LogP contribution < -0.4 is 10.1 Å². The molecule has 0 aromatic heterocycles. The molecule has 0 radical (unpaired) electrons. The van der Waals surface area contributed by atoms with Gasteiger partial charge in [0.1, 0.15) is 11.9 Å². The predicted molar refractivity (Wildman–Crippen MR) is 110 cm³/mol. The summed E-state index contributed by atoms with van der Waals surface area (Å²) in [6.07, 6.45) is 3.57. The third-order valence-corrected chi connectivity index (χ3v) is 5.67. The van der Waals surface area contributed by atoms with Crippen LogP contribution in [0.25, 0.3) is 5.57 Å². The highest BCUT2D eigenvalue weighted by atomic mass is 79.9. The number of allylic oxidation sites excluding steroid dienone is 1. The third-order valence-electron chi connectivity index (χ3n) is 4.88. The van der Waals surface area contributed by atoms with E-state index in [-0.39, 0.29) is 12.4 Å². The molecule has 1 saturated heterocycles. The highest BCUT2D eigenvalue weighted by Crippen LogP contribution is 2.39. The van der Waals surface area contributed by atoms with Crippen LogP contribution in [0.3, 0.4) is 0 Å². The van der Waals surface area contributed by atoms with Gasteiger partial charge in [0.25, 0.3) is 0 Å². The van der Waals surface area contributed by atoms with Gasteiger partial charge in [0.05, 0.1) is 0 Å². The molecular weight excluding hydrogens is 398 g/mol. The van der Waals surface area contributed by atoms with E-state index in [1.807, 2.05) is 0 Å². The van der Waals surface area contributed by atoms with E-state index in [0.717, 1.165) is 38.1 Å². The van der Waals surface area contributed by atoms with Crippen molar-refractivity contribution in [3.63, 3.8) is 0 Å². The van der Waals surface area contributed by atoms with Crippen LogP contribution in [0.15, 0.2) is 46.9 Å². The molecule has 1 aliphatic carbocycles. The van der Waals surface area contributed by atoms with Gasteiger partial charge in [-0.3, -0.25) is 0 Å².